The quantitative estimate of drug-likeness (QED) is 0.800. The number of anilines is 1. The maximum Gasteiger partial charge on any atom is 0.0620 e. The minimum Gasteiger partial charge on any atom is -0.398 e. The third-order valence-corrected chi connectivity index (χ3v) is 4.64. The third-order valence-electron chi connectivity index (χ3n) is 3.03. The standard InChI is InChI=1S/C12H17NOS/c1-9-5-6-11(13)12(7-9)15(14)8-10-3-2-4-10/h5-7,10H,2-4,8,13H2,1H3. The van der Waals surface area contributed by atoms with Crippen LogP contribution >= 0.6 is 0 Å². The summed E-state index contributed by atoms with van der Waals surface area (Å²) in [6.07, 6.45) is 3.76. The van der Waals surface area contributed by atoms with Gasteiger partial charge in [-0.15, -0.1) is 0 Å². The van der Waals surface area contributed by atoms with E-state index in [2.05, 4.69) is 0 Å². The largest absolute Gasteiger partial charge is 0.398 e. The van der Waals surface area contributed by atoms with Crippen molar-refractivity contribution in [2.75, 3.05) is 11.5 Å². The lowest BCUT2D eigenvalue weighted by Gasteiger charge is -2.24. The van der Waals surface area contributed by atoms with E-state index in [4.69, 9.17) is 5.73 Å². The van der Waals surface area contributed by atoms with Crippen LogP contribution < -0.4 is 5.73 Å². The molecule has 0 heterocycles. The van der Waals surface area contributed by atoms with Crippen molar-refractivity contribution in [1.29, 1.82) is 0 Å². The fourth-order valence-corrected chi connectivity index (χ4v) is 3.39. The van der Waals surface area contributed by atoms with Gasteiger partial charge in [0.05, 0.1) is 15.7 Å². The number of nitrogen functional groups attached to an aromatic ring is 1. The van der Waals surface area contributed by atoms with Crippen molar-refractivity contribution >= 4 is 16.5 Å². The first kappa shape index (κ1) is 10.7. The topological polar surface area (TPSA) is 43.1 Å². The normalized spacial score (nSPS) is 18.5. The molecule has 0 bridgehead atoms. The second kappa shape index (κ2) is 4.35. The van der Waals surface area contributed by atoms with Crippen LogP contribution in [0, 0.1) is 12.8 Å². The molecule has 0 saturated heterocycles. The van der Waals surface area contributed by atoms with Crippen molar-refractivity contribution in [2.24, 2.45) is 5.92 Å². The van der Waals surface area contributed by atoms with Crippen LogP contribution in [0.5, 0.6) is 0 Å². The van der Waals surface area contributed by atoms with Gasteiger partial charge in [-0.25, -0.2) is 0 Å². The van der Waals surface area contributed by atoms with E-state index in [1.54, 1.807) is 0 Å². The first-order chi connectivity index (χ1) is 7.16. The van der Waals surface area contributed by atoms with Gasteiger partial charge in [0.2, 0.25) is 0 Å². The van der Waals surface area contributed by atoms with Gasteiger partial charge in [0.15, 0.2) is 0 Å². The van der Waals surface area contributed by atoms with Crippen molar-refractivity contribution < 1.29 is 4.21 Å². The minimum atomic E-state index is -0.909. The molecule has 15 heavy (non-hydrogen) atoms. The lowest BCUT2D eigenvalue weighted by Crippen LogP contribution is -2.19. The van der Waals surface area contributed by atoms with E-state index in [0.29, 0.717) is 11.6 Å². The zero-order valence-corrected chi connectivity index (χ0v) is 9.85. The van der Waals surface area contributed by atoms with E-state index in [9.17, 15) is 4.21 Å². The summed E-state index contributed by atoms with van der Waals surface area (Å²) in [5.74, 6) is 1.44. The second-order valence-electron chi connectivity index (χ2n) is 4.35. The van der Waals surface area contributed by atoms with Crippen LogP contribution in [-0.4, -0.2) is 9.96 Å². The smallest absolute Gasteiger partial charge is 0.0620 e. The minimum absolute atomic E-state index is 0.658. The first-order valence-corrected chi connectivity index (χ1v) is 6.73. The van der Waals surface area contributed by atoms with Gasteiger partial charge >= 0.3 is 0 Å². The summed E-state index contributed by atoms with van der Waals surface area (Å²) in [7, 11) is -0.909. The average molecular weight is 223 g/mol. The van der Waals surface area contributed by atoms with Gasteiger partial charge in [0.1, 0.15) is 0 Å². The number of rotatable bonds is 3. The van der Waals surface area contributed by atoms with Crippen LogP contribution in [-0.2, 0) is 10.8 Å². The molecule has 1 aliphatic rings. The van der Waals surface area contributed by atoms with Crippen LogP contribution in [0.15, 0.2) is 23.1 Å². The highest BCUT2D eigenvalue weighted by Gasteiger charge is 2.21. The van der Waals surface area contributed by atoms with E-state index in [0.717, 1.165) is 16.2 Å². The van der Waals surface area contributed by atoms with Crippen LogP contribution in [0.4, 0.5) is 5.69 Å². The van der Waals surface area contributed by atoms with E-state index >= 15 is 0 Å². The van der Waals surface area contributed by atoms with Gasteiger partial charge in [0, 0.05) is 11.4 Å². The Labute approximate surface area is 93.3 Å². The highest BCUT2D eigenvalue weighted by atomic mass is 32.2. The Morgan fingerprint density at radius 3 is 2.80 bits per heavy atom. The molecule has 1 aliphatic carbocycles. The Morgan fingerprint density at radius 1 is 1.47 bits per heavy atom. The van der Waals surface area contributed by atoms with E-state index in [1.165, 1.54) is 19.3 Å². The summed E-state index contributed by atoms with van der Waals surface area (Å²) in [5, 5.41) is 0. The molecule has 0 spiro atoms. The van der Waals surface area contributed by atoms with Crippen LogP contribution in [0.2, 0.25) is 0 Å². The summed E-state index contributed by atoms with van der Waals surface area (Å²) >= 11 is 0. The Hall–Kier alpha value is -0.830. The zero-order chi connectivity index (χ0) is 10.8. The Morgan fingerprint density at radius 2 is 2.20 bits per heavy atom. The average Bonchev–Trinajstić information content (AvgIpc) is 2.15. The molecule has 0 radical (unpaired) electrons. The molecule has 2 nitrogen and oxygen atoms in total. The van der Waals surface area contributed by atoms with Crippen LogP contribution in [0.3, 0.4) is 0 Å². The molecule has 0 amide bonds. The maximum absolute atomic E-state index is 12.1. The summed E-state index contributed by atoms with van der Waals surface area (Å²) in [6.45, 7) is 2.00. The summed E-state index contributed by atoms with van der Waals surface area (Å²) < 4.78 is 12.1. The number of hydrogen-bond acceptors (Lipinski definition) is 2. The van der Waals surface area contributed by atoms with Crippen LogP contribution in [0.25, 0.3) is 0 Å². The van der Waals surface area contributed by atoms with E-state index in [1.807, 2.05) is 25.1 Å². The lowest BCUT2D eigenvalue weighted by atomic mass is 9.87. The zero-order valence-electron chi connectivity index (χ0n) is 9.03. The number of hydrogen-bond donors (Lipinski definition) is 1. The van der Waals surface area contributed by atoms with Crippen molar-refractivity contribution in [2.45, 2.75) is 31.1 Å². The van der Waals surface area contributed by atoms with Crippen molar-refractivity contribution in [3.05, 3.63) is 23.8 Å². The van der Waals surface area contributed by atoms with E-state index < -0.39 is 10.8 Å². The third kappa shape index (κ3) is 2.40. The number of nitrogens with two attached hydrogens (primary N) is 1. The molecule has 1 atom stereocenters. The molecule has 3 heteroatoms. The second-order valence-corrected chi connectivity index (χ2v) is 5.81. The summed E-state index contributed by atoms with van der Waals surface area (Å²) in [6, 6.07) is 5.76. The highest BCUT2D eigenvalue weighted by molar-refractivity contribution is 7.85. The Kier molecular flexibility index (Phi) is 3.10. The fraction of sp³-hybridized carbons (Fsp3) is 0.500. The summed E-state index contributed by atoms with van der Waals surface area (Å²) in [4.78, 5) is 0.821. The molecule has 0 aliphatic heterocycles. The Balaban J connectivity index is 2.12. The van der Waals surface area contributed by atoms with Crippen molar-refractivity contribution in [3.8, 4) is 0 Å². The first-order valence-electron chi connectivity index (χ1n) is 5.41. The molecular weight excluding hydrogens is 206 g/mol. The van der Waals surface area contributed by atoms with E-state index in [-0.39, 0.29) is 0 Å². The molecule has 1 unspecified atom stereocenters. The van der Waals surface area contributed by atoms with Gasteiger partial charge < -0.3 is 5.73 Å². The molecule has 82 valence electrons. The molecule has 2 N–H and O–H groups in total. The number of aryl methyl sites for hydroxylation is 1. The predicted octanol–water partition coefficient (Wildman–Crippen LogP) is 2.48. The maximum atomic E-state index is 12.1. The molecule has 1 fully saturated rings. The molecule has 1 aromatic rings. The van der Waals surface area contributed by atoms with Gasteiger partial charge in [-0.3, -0.25) is 4.21 Å². The van der Waals surface area contributed by atoms with Crippen molar-refractivity contribution in [1.82, 2.24) is 0 Å². The fourth-order valence-electron chi connectivity index (χ4n) is 1.80. The molecule has 0 aromatic heterocycles. The molecule has 1 saturated carbocycles. The summed E-state index contributed by atoms with van der Waals surface area (Å²) in [5.41, 5.74) is 7.62. The molecule has 1 aromatic carbocycles. The highest BCUT2D eigenvalue weighted by Crippen LogP contribution is 2.29. The van der Waals surface area contributed by atoms with Gasteiger partial charge in [-0.05, 0) is 43.4 Å². The van der Waals surface area contributed by atoms with Crippen LogP contribution in [0.1, 0.15) is 24.8 Å². The Bertz CT molecular complexity index is 385. The monoisotopic (exact) mass is 223 g/mol. The van der Waals surface area contributed by atoms with Gasteiger partial charge in [0.25, 0.3) is 0 Å². The molecular formula is C12H17NOS. The number of benzene rings is 1. The van der Waals surface area contributed by atoms with Gasteiger partial charge in [-0.2, -0.15) is 0 Å². The SMILES string of the molecule is Cc1ccc(N)c(S(=O)CC2CCC2)c1. The van der Waals surface area contributed by atoms with Gasteiger partial charge in [-0.1, -0.05) is 12.5 Å². The molecule has 2 rings (SSSR count). The van der Waals surface area contributed by atoms with Crippen molar-refractivity contribution in [3.63, 3.8) is 0 Å². The lowest BCUT2D eigenvalue weighted by molar-refractivity contribution is 0.350. The predicted molar refractivity (Wildman–Crippen MR) is 64.2 cm³/mol.